The molecule has 1 unspecified atom stereocenters. The van der Waals surface area contributed by atoms with Crippen LogP contribution in [-0.4, -0.2) is 60.4 Å². The summed E-state index contributed by atoms with van der Waals surface area (Å²) in [5.41, 5.74) is 0. The molecule has 9 heteroatoms. The molecule has 2 N–H and O–H groups in total. The van der Waals surface area contributed by atoms with Crippen LogP contribution in [-0.2, 0) is 0 Å². The molecule has 28 heavy (non-hydrogen) atoms. The number of thiophene rings is 2. The zero-order chi connectivity index (χ0) is 20.5. The molecule has 0 aliphatic heterocycles. The Balaban J connectivity index is 1.69. The maximum atomic E-state index is 12.3. The van der Waals surface area contributed by atoms with Crippen molar-refractivity contribution in [3.05, 3.63) is 41.6 Å². The number of carbonyl (C=O) groups is 2. The minimum absolute atomic E-state index is 0.118. The summed E-state index contributed by atoms with van der Waals surface area (Å²) in [6.07, 6.45) is 0.422. The summed E-state index contributed by atoms with van der Waals surface area (Å²) in [5.74, 6) is 0.253. The molecule has 2 heterocycles. The molecule has 2 rings (SSSR count). The quantitative estimate of drug-likeness (QED) is 0.284. The topological polar surface area (TPSA) is 69.6 Å². The zero-order valence-corrected chi connectivity index (χ0v) is 20.4. The lowest BCUT2D eigenvalue weighted by Gasteiger charge is -2.23. The molecular weight excluding hydrogens is 528 g/mol. The van der Waals surface area contributed by atoms with Gasteiger partial charge in [-0.25, -0.2) is 0 Å². The van der Waals surface area contributed by atoms with E-state index < -0.39 is 6.10 Å². The summed E-state index contributed by atoms with van der Waals surface area (Å²) in [7, 11) is 0. The Kier molecular flexibility index (Phi) is 10.5. The number of nitrogens with one attached hydrogen (secondary N) is 1. The van der Waals surface area contributed by atoms with Gasteiger partial charge in [0.25, 0.3) is 0 Å². The van der Waals surface area contributed by atoms with E-state index in [9.17, 15) is 14.7 Å². The fourth-order valence-electron chi connectivity index (χ4n) is 2.67. The summed E-state index contributed by atoms with van der Waals surface area (Å²) < 4.78 is 1.91. The largest absolute Gasteiger partial charge is 0.392 e. The van der Waals surface area contributed by atoms with Crippen molar-refractivity contribution in [3.8, 4) is 0 Å². The third-order valence-corrected chi connectivity index (χ3v) is 7.34. The molecule has 0 amide bonds. The van der Waals surface area contributed by atoms with Gasteiger partial charge >= 0.3 is 0 Å². The van der Waals surface area contributed by atoms with Crippen molar-refractivity contribution in [2.75, 3.05) is 32.7 Å². The molecule has 2 aromatic rings. The van der Waals surface area contributed by atoms with Crippen molar-refractivity contribution in [1.82, 2.24) is 10.2 Å². The monoisotopic (exact) mass is 550 g/mol. The second kappa shape index (κ2) is 12.3. The Bertz CT molecular complexity index is 777. The minimum Gasteiger partial charge on any atom is -0.392 e. The van der Waals surface area contributed by atoms with Crippen LogP contribution in [0.2, 0.25) is 0 Å². The van der Waals surface area contributed by atoms with E-state index in [4.69, 9.17) is 0 Å². The molecular formula is C19H24Br2N2O3S2. The summed E-state index contributed by atoms with van der Waals surface area (Å²) in [6.45, 7) is 4.89. The second-order valence-corrected chi connectivity index (χ2v) is 11.4. The highest BCUT2D eigenvalue weighted by Crippen LogP contribution is 2.24. The van der Waals surface area contributed by atoms with Crippen LogP contribution in [0.15, 0.2) is 31.8 Å². The van der Waals surface area contributed by atoms with Gasteiger partial charge in [-0.3, -0.25) is 14.5 Å². The van der Waals surface area contributed by atoms with Gasteiger partial charge in [-0.2, -0.15) is 0 Å². The van der Waals surface area contributed by atoms with Gasteiger partial charge in [0.15, 0.2) is 11.6 Å². The van der Waals surface area contributed by atoms with Crippen molar-refractivity contribution in [1.29, 1.82) is 0 Å². The summed E-state index contributed by atoms with van der Waals surface area (Å²) >= 11 is 9.64. The molecule has 0 aliphatic carbocycles. The highest BCUT2D eigenvalue weighted by Gasteiger charge is 2.14. The average molecular weight is 552 g/mol. The lowest BCUT2D eigenvalue weighted by molar-refractivity contribution is 0.0929. The first-order valence-electron chi connectivity index (χ1n) is 9.03. The third kappa shape index (κ3) is 8.52. The van der Waals surface area contributed by atoms with E-state index in [1.165, 1.54) is 22.7 Å². The maximum Gasteiger partial charge on any atom is 0.174 e. The Morgan fingerprint density at radius 1 is 1.00 bits per heavy atom. The second-order valence-electron chi connectivity index (χ2n) is 6.45. The van der Waals surface area contributed by atoms with Gasteiger partial charge < -0.3 is 10.4 Å². The molecule has 0 saturated heterocycles. The van der Waals surface area contributed by atoms with E-state index in [1.54, 1.807) is 6.92 Å². The van der Waals surface area contributed by atoms with Crippen molar-refractivity contribution >= 4 is 66.1 Å². The number of carbonyl (C=O) groups excluding carboxylic acids is 2. The van der Waals surface area contributed by atoms with Crippen LogP contribution in [0.1, 0.15) is 39.1 Å². The van der Waals surface area contributed by atoms with Crippen LogP contribution < -0.4 is 5.32 Å². The number of halogens is 2. The van der Waals surface area contributed by atoms with Crippen molar-refractivity contribution in [2.45, 2.75) is 25.9 Å². The first-order valence-corrected chi connectivity index (χ1v) is 12.2. The highest BCUT2D eigenvalue weighted by atomic mass is 79.9. The molecule has 5 nitrogen and oxygen atoms in total. The van der Waals surface area contributed by atoms with E-state index in [0.717, 1.165) is 17.3 Å². The summed E-state index contributed by atoms with van der Waals surface area (Å²) in [5, 5.41) is 13.0. The maximum absolute atomic E-state index is 12.3. The van der Waals surface area contributed by atoms with Crippen LogP contribution in [0.4, 0.5) is 0 Å². The third-order valence-electron chi connectivity index (χ3n) is 4.01. The van der Waals surface area contributed by atoms with E-state index in [2.05, 4.69) is 42.1 Å². The predicted octanol–water partition coefficient (Wildman–Crippen LogP) is 4.45. The van der Waals surface area contributed by atoms with Crippen LogP contribution in [0.3, 0.4) is 0 Å². The number of rotatable bonds is 13. The van der Waals surface area contributed by atoms with Crippen molar-refractivity contribution < 1.29 is 14.7 Å². The fourth-order valence-corrected chi connectivity index (χ4v) is 5.37. The Hall–Kier alpha value is -0.420. The molecule has 1 atom stereocenters. The summed E-state index contributed by atoms with van der Waals surface area (Å²) in [6, 6.07) is 7.44. The fraction of sp³-hybridized carbons (Fsp3) is 0.474. The van der Waals surface area contributed by atoms with E-state index in [-0.39, 0.29) is 11.6 Å². The first kappa shape index (κ1) is 23.9. The predicted molar refractivity (Wildman–Crippen MR) is 123 cm³/mol. The molecule has 0 bridgehead atoms. The number of ketones is 2. The molecule has 2 aromatic heterocycles. The number of Topliss-reactive ketones (excluding diaryl/α,β-unsaturated/α-hetero) is 2. The van der Waals surface area contributed by atoms with Gasteiger partial charge in [0.1, 0.15) is 0 Å². The SMILES string of the molecule is CC(O)CN(CCNCCC(=O)c1ccc(Br)s1)CCC(=O)c1ccc(Br)s1. The first-order chi connectivity index (χ1) is 13.3. The standard InChI is InChI=1S/C19H24Br2N2O3S2/c1-13(24)12-23(10-7-15(26)17-3-5-19(21)28-17)11-9-22-8-6-14(25)16-2-4-18(20)27-16/h2-5,13,22,24H,6-12H2,1H3. The number of aliphatic hydroxyl groups is 1. The van der Waals surface area contributed by atoms with Gasteiger partial charge in [-0.05, 0) is 63.0 Å². The smallest absolute Gasteiger partial charge is 0.174 e. The van der Waals surface area contributed by atoms with Crippen molar-refractivity contribution in [3.63, 3.8) is 0 Å². The molecule has 0 aliphatic rings. The van der Waals surface area contributed by atoms with Gasteiger partial charge in [0.2, 0.25) is 0 Å². The number of hydrogen-bond acceptors (Lipinski definition) is 7. The van der Waals surface area contributed by atoms with Crippen LogP contribution in [0.5, 0.6) is 0 Å². The van der Waals surface area contributed by atoms with Crippen LogP contribution in [0.25, 0.3) is 0 Å². The van der Waals surface area contributed by atoms with Gasteiger partial charge in [-0.15, -0.1) is 22.7 Å². The minimum atomic E-state index is -0.454. The van der Waals surface area contributed by atoms with Crippen molar-refractivity contribution in [2.24, 2.45) is 0 Å². The number of hydrogen-bond donors (Lipinski definition) is 2. The van der Waals surface area contributed by atoms with E-state index >= 15 is 0 Å². The Morgan fingerprint density at radius 3 is 2.07 bits per heavy atom. The normalized spacial score (nSPS) is 12.5. The van der Waals surface area contributed by atoms with Crippen LogP contribution in [0, 0.1) is 0 Å². The lowest BCUT2D eigenvalue weighted by atomic mass is 10.2. The zero-order valence-electron chi connectivity index (χ0n) is 15.6. The van der Waals surface area contributed by atoms with E-state index in [1.807, 2.05) is 24.3 Å². The molecule has 0 spiro atoms. The molecule has 154 valence electrons. The number of nitrogens with zero attached hydrogens (tertiary/aromatic N) is 1. The Labute approximate surface area is 190 Å². The van der Waals surface area contributed by atoms with E-state index in [0.29, 0.717) is 45.6 Å². The van der Waals surface area contributed by atoms with Gasteiger partial charge in [-0.1, -0.05) is 0 Å². The van der Waals surface area contributed by atoms with Crippen LogP contribution >= 0.6 is 54.5 Å². The Morgan fingerprint density at radius 2 is 1.57 bits per heavy atom. The van der Waals surface area contributed by atoms with Gasteiger partial charge in [0.05, 0.1) is 23.4 Å². The molecule has 0 radical (unpaired) electrons. The lowest BCUT2D eigenvalue weighted by Crippen LogP contribution is -2.38. The highest BCUT2D eigenvalue weighted by molar-refractivity contribution is 9.11. The number of aliphatic hydroxyl groups excluding tert-OH is 1. The molecule has 0 fully saturated rings. The van der Waals surface area contributed by atoms with Gasteiger partial charge in [0, 0.05) is 45.6 Å². The molecule has 0 saturated carbocycles. The average Bonchev–Trinajstić information content (AvgIpc) is 3.26. The summed E-state index contributed by atoms with van der Waals surface area (Å²) in [4.78, 5) is 28.0. The molecule has 0 aromatic carbocycles.